The van der Waals surface area contributed by atoms with Gasteiger partial charge in [-0.05, 0) is 44.0 Å². The zero-order valence-electron chi connectivity index (χ0n) is 14.2. The Hall–Kier alpha value is -0.950. The molecule has 6 heteroatoms. The van der Waals surface area contributed by atoms with E-state index in [-0.39, 0.29) is 11.9 Å². The first-order valence-corrected chi connectivity index (χ1v) is 9.55. The van der Waals surface area contributed by atoms with Crippen LogP contribution in [-0.4, -0.2) is 67.2 Å². The summed E-state index contributed by atoms with van der Waals surface area (Å²) in [7, 11) is 0. The molecule has 0 spiro atoms. The van der Waals surface area contributed by atoms with Gasteiger partial charge in [-0.1, -0.05) is 15.9 Å². The van der Waals surface area contributed by atoms with Gasteiger partial charge in [-0.3, -0.25) is 14.6 Å². The number of hydrogen-bond acceptors (Lipinski definition) is 4. The van der Waals surface area contributed by atoms with E-state index in [1.165, 1.54) is 12.8 Å². The summed E-state index contributed by atoms with van der Waals surface area (Å²) in [4.78, 5) is 17.2. The van der Waals surface area contributed by atoms with Crippen molar-refractivity contribution in [2.24, 2.45) is 0 Å². The summed E-state index contributed by atoms with van der Waals surface area (Å²) in [5.74, 6) is 0.0601. The highest BCUT2D eigenvalue weighted by atomic mass is 79.9. The molecular formula is C18H26BrN3O2. The van der Waals surface area contributed by atoms with Crippen molar-refractivity contribution in [1.29, 1.82) is 0 Å². The van der Waals surface area contributed by atoms with E-state index in [2.05, 4.69) is 31.0 Å². The minimum Gasteiger partial charge on any atom is -0.377 e. The summed E-state index contributed by atoms with van der Waals surface area (Å²) in [6.45, 7) is 7.82. The van der Waals surface area contributed by atoms with Gasteiger partial charge in [0.25, 0.3) is 0 Å². The summed E-state index contributed by atoms with van der Waals surface area (Å²) in [6.07, 6.45) is 2.79. The fourth-order valence-corrected chi connectivity index (χ4v) is 3.62. The van der Waals surface area contributed by atoms with Gasteiger partial charge in [0.1, 0.15) is 0 Å². The number of halogens is 1. The van der Waals surface area contributed by atoms with Crippen LogP contribution in [0.25, 0.3) is 0 Å². The Bertz CT molecular complexity index is 538. The van der Waals surface area contributed by atoms with Crippen molar-refractivity contribution in [3.63, 3.8) is 0 Å². The highest BCUT2D eigenvalue weighted by molar-refractivity contribution is 9.10. The Morgan fingerprint density at radius 1 is 1.29 bits per heavy atom. The molecule has 0 radical (unpaired) electrons. The third kappa shape index (κ3) is 4.79. The van der Waals surface area contributed by atoms with Crippen LogP contribution in [0.4, 0.5) is 5.69 Å². The number of nitrogens with one attached hydrogen (secondary N) is 1. The molecule has 132 valence electrons. The Balaban J connectivity index is 1.44. The molecule has 2 atom stereocenters. The number of anilines is 1. The van der Waals surface area contributed by atoms with E-state index in [4.69, 9.17) is 4.74 Å². The second kappa shape index (κ2) is 8.43. The standard InChI is InChI=1S/C18H26BrN3O2/c1-14(18(23)20-16-6-4-15(19)5-7-16)22-10-8-21(9-11-22)13-17-3-2-12-24-17/h4-7,14,17H,2-3,8-13H2,1H3,(H,20,23)/t14-,17+/m1/s1. The fourth-order valence-electron chi connectivity index (χ4n) is 3.36. The van der Waals surface area contributed by atoms with Crippen LogP contribution in [0.15, 0.2) is 28.7 Å². The minimum atomic E-state index is -0.112. The summed E-state index contributed by atoms with van der Waals surface area (Å²) < 4.78 is 6.73. The van der Waals surface area contributed by atoms with Crippen LogP contribution in [-0.2, 0) is 9.53 Å². The van der Waals surface area contributed by atoms with Crippen molar-refractivity contribution in [1.82, 2.24) is 9.80 Å². The first-order valence-electron chi connectivity index (χ1n) is 8.76. The molecule has 0 unspecified atom stereocenters. The summed E-state index contributed by atoms with van der Waals surface area (Å²) in [5, 5.41) is 3.00. The van der Waals surface area contributed by atoms with Crippen LogP contribution >= 0.6 is 15.9 Å². The van der Waals surface area contributed by atoms with Gasteiger partial charge in [0.2, 0.25) is 5.91 Å². The second-order valence-electron chi connectivity index (χ2n) is 6.64. The number of carbonyl (C=O) groups is 1. The lowest BCUT2D eigenvalue weighted by molar-refractivity contribution is -0.121. The van der Waals surface area contributed by atoms with E-state index in [0.29, 0.717) is 6.10 Å². The number of nitrogens with zero attached hydrogens (tertiary/aromatic N) is 2. The highest BCUT2D eigenvalue weighted by Gasteiger charge is 2.27. The maximum Gasteiger partial charge on any atom is 0.241 e. The first kappa shape index (κ1) is 17.9. The monoisotopic (exact) mass is 395 g/mol. The number of ether oxygens (including phenoxy) is 1. The Labute approximate surface area is 152 Å². The van der Waals surface area contributed by atoms with Gasteiger partial charge in [-0.2, -0.15) is 0 Å². The van der Waals surface area contributed by atoms with Crippen LogP contribution in [0.1, 0.15) is 19.8 Å². The molecule has 0 bridgehead atoms. The summed E-state index contributed by atoms with van der Waals surface area (Å²) >= 11 is 3.41. The Morgan fingerprint density at radius 2 is 2.00 bits per heavy atom. The molecule has 0 aliphatic carbocycles. The Kier molecular flexibility index (Phi) is 6.27. The van der Waals surface area contributed by atoms with E-state index < -0.39 is 0 Å². The zero-order chi connectivity index (χ0) is 16.9. The molecule has 1 aromatic rings. The lowest BCUT2D eigenvalue weighted by Crippen LogP contribution is -2.53. The Morgan fingerprint density at radius 3 is 2.62 bits per heavy atom. The van der Waals surface area contributed by atoms with Crippen LogP contribution in [0.2, 0.25) is 0 Å². The third-order valence-electron chi connectivity index (χ3n) is 4.93. The molecule has 1 amide bonds. The summed E-state index contributed by atoms with van der Waals surface area (Å²) in [5.41, 5.74) is 0.840. The maximum atomic E-state index is 12.5. The minimum absolute atomic E-state index is 0.0601. The molecule has 0 aromatic heterocycles. The fraction of sp³-hybridized carbons (Fsp3) is 0.611. The smallest absolute Gasteiger partial charge is 0.241 e. The zero-order valence-corrected chi connectivity index (χ0v) is 15.8. The van der Waals surface area contributed by atoms with E-state index >= 15 is 0 Å². The molecule has 2 aliphatic rings. The van der Waals surface area contributed by atoms with Crippen LogP contribution in [0.5, 0.6) is 0 Å². The third-order valence-corrected chi connectivity index (χ3v) is 5.46. The number of amides is 1. The molecular weight excluding hydrogens is 370 g/mol. The largest absolute Gasteiger partial charge is 0.377 e. The molecule has 2 fully saturated rings. The summed E-state index contributed by atoms with van der Waals surface area (Å²) in [6, 6.07) is 7.58. The van der Waals surface area contributed by atoms with Crippen LogP contribution < -0.4 is 5.32 Å². The molecule has 0 saturated carbocycles. The average molecular weight is 396 g/mol. The van der Waals surface area contributed by atoms with Crippen molar-refractivity contribution < 1.29 is 9.53 Å². The predicted molar refractivity (Wildman–Crippen MR) is 99.2 cm³/mol. The lowest BCUT2D eigenvalue weighted by Gasteiger charge is -2.38. The predicted octanol–water partition coefficient (Wildman–Crippen LogP) is 2.57. The van der Waals surface area contributed by atoms with E-state index in [0.717, 1.165) is 49.5 Å². The molecule has 3 rings (SSSR count). The van der Waals surface area contributed by atoms with E-state index in [9.17, 15) is 4.79 Å². The molecule has 2 heterocycles. The topological polar surface area (TPSA) is 44.8 Å². The van der Waals surface area contributed by atoms with E-state index in [1.54, 1.807) is 0 Å². The number of piperazine rings is 1. The van der Waals surface area contributed by atoms with Crippen molar-refractivity contribution >= 4 is 27.5 Å². The van der Waals surface area contributed by atoms with E-state index in [1.807, 2.05) is 31.2 Å². The van der Waals surface area contributed by atoms with Gasteiger partial charge >= 0.3 is 0 Å². The van der Waals surface area contributed by atoms with Gasteiger partial charge in [0, 0.05) is 49.5 Å². The van der Waals surface area contributed by atoms with Gasteiger partial charge in [-0.15, -0.1) is 0 Å². The molecule has 1 N–H and O–H groups in total. The molecule has 2 aliphatic heterocycles. The molecule has 1 aromatic carbocycles. The number of carbonyl (C=O) groups excluding carboxylic acids is 1. The van der Waals surface area contributed by atoms with Gasteiger partial charge in [0.15, 0.2) is 0 Å². The van der Waals surface area contributed by atoms with Gasteiger partial charge in [0.05, 0.1) is 12.1 Å². The van der Waals surface area contributed by atoms with Gasteiger partial charge < -0.3 is 10.1 Å². The quantitative estimate of drug-likeness (QED) is 0.831. The number of benzene rings is 1. The SMILES string of the molecule is C[C@H](C(=O)Nc1ccc(Br)cc1)N1CCN(C[C@@H]2CCCO2)CC1. The van der Waals surface area contributed by atoms with Gasteiger partial charge in [-0.25, -0.2) is 0 Å². The second-order valence-corrected chi connectivity index (χ2v) is 7.56. The van der Waals surface area contributed by atoms with Crippen LogP contribution in [0, 0.1) is 0 Å². The molecule has 2 saturated heterocycles. The number of hydrogen-bond donors (Lipinski definition) is 1. The molecule has 24 heavy (non-hydrogen) atoms. The highest BCUT2D eigenvalue weighted by Crippen LogP contribution is 2.17. The van der Waals surface area contributed by atoms with Crippen LogP contribution in [0.3, 0.4) is 0 Å². The molecule has 5 nitrogen and oxygen atoms in total. The van der Waals surface area contributed by atoms with Crippen molar-refractivity contribution in [3.8, 4) is 0 Å². The first-order chi connectivity index (χ1) is 11.6. The number of rotatable bonds is 5. The van der Waals surface area contributed by atoms with Crippen molar-refractivity contribution in [2.45, 2.75) is 31.9 Å². The lowest BCUT2D eigenvalue weighted by atomic mass is 10.2. The van der Waals surface area contributed by atoms with Crippen molar-refractivity contribution in [3.05, 3.63) is 28.7 Å². The average Bonchev–Trinajstić information content (AvgIpc) is 3.10. The van der Waals surface area contributed by atoms with Crippen molar-refractivity contribution in [2.75, 3.05) is 44.6 Å². The normalized spacial score (nSPS) is 24.0. The maximum absolute atomic E-state index is 12.5.